The Balaban J connectivity index is 2.05. The first kappa shape index (κ1) is 21.5. The van der Waals surface area contributed by atoms with Crippen LogP contribution in [0.15, 0.2) is 29.3 Å². The van der Waals surface area contributed by atoms with Crippen LogP contribution in [0.25, 0.3) is 0 Å². The number of amides is 1. The summed E-state index contributed by atoms with van der Waals surface area (Å²) in [5, 5.41) is 10.6. The van der Waals surface area contributed by atoms with Gasteiger partial charge in [-0.15, -0.1) is 0 Å². The lowest BCUT2D eigenvalue weighted by atomic mass is 9.92. The van der Waals surface area contributed by atoms with Crippen molar-refractivity contribution < 1.29 is 14.3 Å². The molecule has 0 aliphatic carbocycles. The van der Waals surface area contributed by atoms with Gasteiger partial charge < -0.3 is 10.0 Å². The number of hydrogen-bond donors (Lipinski definition) is 1. The van der Waals surface area contributed by atoms with Crippen molar-refractivity contribution in [2.75, 3.05) is 26.2 Å². The minimum atomic E-state index is -1.07. The Hall–Kier alpha value is -1.79. The van der Waals surface area contributed by atoms with E-state index in [-0.39, 0.29) is 18.3 Å². The summed E-state index contributed by atoms with van der Waals surface area (Å²) in [7, 11) is 0. The molecular weight excluding hydrogens is 345 g/mol. The molecule has 2 rings (SSSR count). The van der Waals surface area contributed by atoms with E-state index in [1.54, 1.807) is 30.9 Å². The van der Waals surface area contributed by atoms with Crippen molar-refractivity contribution in [1.29, 1.82) is 0 Å². The summed E-state index contributed by atoms with van der Waals surface area (Å²) >= 11 is 0. The van der Waals surface area contributed by atoms with Crippen LogP contribution in [0.1, 0.15) is 52.5 Å². The zero-order valence-corrected chi connectivity index (χ0v) is 16.9. The summed E-state index contributed by atoms with van der Waals surface area (Å²) in [4.78, 5) is 21.4. The lowest BCUT2D eigenvalue weighted by Gasteiger charge is -2.28. The highest BCUT2D eigenvalue weighted by atomic mass is 19.1. The van der Waals surface area contributed by atoms with Gasteiger partial charge >= 0.3 is 0 Å². The normalized spacial score (nSPS) is 21.1. The fourth-order valence-corrected chi connectivity index (χ4v) is 3.58. The average molecular weight is 378 g/mol. The molecule has 0 bridgehead atoms. The van der Waals surface area contributed by atoms with Crippen LogP contribution in [0.2, 0.25) is 0 Å². The minimum absolute atomic E-state index is 0.179. The summed E-state index contributed by atoms with van der Waals surface area (Å²) in [5.41, 5.74) is -0.413. The van der Waals surface area contributed by atoms with E-state index in [1.807, 2.05) is 0 Å². The number of hydrogen-bond acceptors (Lipinski definition) is 4. The predicted octanol–water partition coefficient (Wildman–Crippen LogP) is 3.17. The lowest BCUT2D eigenvalue weighted by Crippen LogP contribution is -2.46. The molecule has 6 heteroatoms. The summed E-state index contributed by atoms with van der Waals surface area (Å²) < 4.78 is 13.2. The van der Waals surface area contributed by atoms with Gasteiger partial charge in [-0.25, -0.2) is 4.39 Å². The molecule has 0 spiro atoms. The Morgan fingerprint density at radius 2 is 1.89 bits per heavy atom. The van der Waals surface area contributed by atoms with Crippen LogP contribution < -0.4 is 0 Å². The Labute approximate surface area is 161 Å². The van der Waals surface area contributed by atoms with E-state index in [0.29, 0.717) is 17.9 Å². The smallest absolute Gasteiger partial charge is 0.260 e. The third-order valence-electron chi connectivity index (χ3n) is 5.07. The lowest BCUT2D eigenvalue weighted by molar-refractivity contribution is -0.132. The SMILES string of the molecule is CCCCN(CCC)CC(O)CN1C(=O)C(C)(c2ccc(F)cc2)N=C1C. The number of aliphatic imine (C=N–C) groups is 1. The third kappa shape index (κ3) is 5.14. The van der Waals surface area contributed by atoms with Crippen molar-refractivity contribution in [3.05, 3.63) is 35.6 Å². The highest BCUT2D eigenvalue weighted by molar-refractivity contribution is 6.07. The number of benzene rings is 1. The number of β-amino-alcohol motifs (C(OH)–C–C–N with tert-alkyl or cyclic N) is 1. The molecule has 2 unspecified atom stereocenters. The van der Waals surface area contributed by atoms with Gasteiger partial charge in [0.1, 0.15) is 11.7 Å². The second-order valence-corrected chi connectivity index (χ2v) is 7.46. The molecule has 1 aromatic rings. The second-order valence-electron chi connectivity index (χ2n) is 7.46. The fourth-order valence-electron chi connectivity index (χ4n) is 3.58. The Kier molecular flexibility index (Phi) is 7.50. The van der Waals surface area contributed by atoms with Gasteiger partial charge in [0, 0.05) is 6.54 Å². The van der Waals surface area contributed by atoms with Crippen molar-refractivity contribution in [3.8, 4) is 0 Å². The molecule has 0 fully saturated rings. The van der Waals surface area contributed by atoms with E-state index >= 15 is 0 Å². The number of unbranched alkanes of at least 4 members (excludes halogenated alkanes) is 1. The number of aliphatic hydroxyl groups is 1. The molecule has 1 aliphatic rings. The van der Waals surface area contributed by atoms with E-state index in [4.69, 9.17) is 0 Å². The second kappa shape index (κ2) is 9.42. The van der Waals surface area contributed by atoms with Crippen LogP contribution in [-0.4, -0.2) is 58.9 Å². The number of carbonyl (C=O) groups excluding carboxylic acids is 1. The number of nitrogens with zero attached hydrogens (tertiary/aromatic N) is 3. The molecule has 1 N–H and O–H groups in total. The van der Waals surface area contributed by atoms with Crippen molar-refractivity contribution in [2.24, 2.45) is 4.99 Å². The molecule has 1 heterocycles. The van der Waals surface area contributed by atoms with Crippen molar-refractivity contribution >= 4 is 11.7 Å². The van der Waals surface area contributed by atoms with E-state index in [9.17, 15) is 14.3 Å². The van der Waals surface area contributed by atoms with Crippen molar-refractivity contribution in [1.82, 2.24) is 9.80 Å². The number of amidine groups is 1. The number of aliphatic hydroxyl groups excluding tert-OH is 1. The molecule has 150 valence electrons. The molecule has 27 heavy (non-hydrogen) atoms. The van der Waals surface area contributed by atoms with Crippen LogP contribution in [0.5, 0.6) is 0 Å². The van der Waals surface area contributed by atoms with E-state index in [1.165, 1.54) is 12.1 Å². The van der Waals surface area contributed by atoms with Crippen molar-refractivity contribution in [3.63, 3.8) is 0 Å². The predicted molar refractivity (Wildman–Crippen MR) is 106 cm³/mol. The monoisotopic (exact) mass is 377 g/mol. The molecule has 2 atom stereocenters. The van der Waals surface area contributed by atoms with E-state index in [0.717, 1.165) is 32.4 Å². The fraction of sp³-hybridized carbons (Fsp3) is 0.619. The van der Waals surface area contributed by atoms with Crippen LogP contribution in [0.4, 0.5) is 4.39 Å². The highest BCUT2D eigenvalue weighted by Crippen LogP contribution is 2.33. The van der Waals surface area contributed by atoms with Gasteiger partial charge in [0.2, 0.25) is 0 Å². The zero-order valence-electron chi connectivity index (χ0n) is 16.9. The number of carbonyl (C=O) groups is 1. The van der Waals surface area contributed by atoms with Crippen LogP contribution in [-0.2, 0) is 10.3 Å². The third-order valence-corrected chi connectivity index (χ3v) is 5.07. The quantitative estimate of drug-likeness (QED) is 0.681. The molecule has 1 aromatic carbocycles. The van der Waals surface area contributed by atoms with Crippen LogP contribution in [0.3, 0.4) is 0 Å². The number of halogens is 1. The Bertz CT molecular complexity index is 662. The maximum absolute atomic E-state index is 13.2. The van der Waals surface area contributed by atoms with Gasteiger partial charge in [-0.05, 0) is 57.5 Å². The van der Waals surface area contributed by atoms with Crippen molar-refractivity contribution in [2.45, 2.75) is 58.6 Å². The Morgan fingerprint density at radius 3 is 2.48 bits per heavy atom. The zero-order chi connectivity index (χ0) is 20.0. The maximum Gasteiger partial charge on any atom is 0.260 e. The van der Waals surface area contributed by atoms with Crippen LogP contribution >= 0.6 is 0 Å². The number of rotatable bonds is 10. The molecule has 0 saturated carbocycles. The first-order chi connectivity index (χ1) is 12.8. The summed E-state index contributed by atoms with van der Waals surface area (Å²) in [6.07, 6.45) is 2.60. The molecule has 0 saturated heterocycles. The molecule has 0 aromatic heterocycles. The summed E-state index contributed by atoms with van der Waals surface area (Å²) in [5.74, 6) is 0.0617. The van der Waals surface area contributed by atoms with E-state index < -0.39 is 11.6 Å². The maximum atomic E-state index is 13.2. The average Bonchev–Trinajstić information content (AvgIpc) is 2.84. The first-order valence-corrected chi connectivity index (χ1v) is 9.86. The molecule has 5 nitrogen and oxygen atoms in total. The molecular formula is C21H32FN3O2. The van der Waals surface area contributed by atoms with Gasteiger partial charge in [0.15, 0.2) is 5.54 Å². The van der Waals surface area contributed by atoms with Gasteiger partial charge in [-0.3, -0.25) is 14.7 Å². The van der Waals surface area contributed by atoms with Gasteiger partial charge in [0.25, 0.3) is 5.91 Å². The first-order valence-electron chi connectivity index (χ1n) is 9.86. The summed E-state index contributed by atoms with van der Waals surface area (Å²) in [6.45, 7) is 10.4. The highest BCUT2D eigenvalue weighted by Gasteiger charge is 2.45. The molecule has 0 radical (unpaired) electrons. The van der Waals surface area contributed by atoms with E-state index in [2.05, 4.69) is 23.7 Å². The van der Waals surface area contributed by atoms with Crippen LogP contribution in [0, 0.1) is 5.82 Å². The molecule has 1 aliphatic heterocycles. The Morgan fingerprint density at radius 1 is 1.22 bits per heavy atom. The standard InChI is InChI=1S/C21H32FN3O2/c1-5-7-13-24(12-6-2)14-19(26)15-25-16(3)23-21(4,20(25)27)17-8-10-18(22)11-9-17/h8-11,19,26H,5-7,12-15H2,1-4H3. The van der Waals surface area contributed by atoms with Gasteiger partial charge in [-0.2, -0.15) is 0 Å². The minimum Gasteiger partial charge on any atom is -0.390 e. The van der Waals surface area contributed by atoms with Gasteiger partial charge in [0.05, 0.1) is 12.6 Å². The van der Waals surface area contributed by atoms with Gasteiger partial charge in [-0.1, -0.05) is 32.4 Å². The topological polar surface area (TPSA) is 56.1 Å². The summed E-state index contributed by atoms with van der Waals surface area (Å²) in [6, 6.07) is 5.87. The molecule has 1 amide bonds. The largest absolute Gasteiger partial charge is 0.390 e.